The van der Waals surface area contributed by atoms with Gasteiger partial charge in [-0.05, 0) is 11.6 Å². The minimum Gasteiger partial charge on any atom is -0.489 e. The van der Waals surface area contributed by atoms with Crippen LogP contribution < -0.4 is 10.5 Å². The lowest BCUT2D eigenvalue weighted by atomic mass is 10.1. The Kier molecular flexibility index (Phi) is 3.91. The molecule has 0 radical (unpaired) electrons. The summed E-state index contributed by atoms with van der Waals surface area (Å²) in [7, 11) is 0. The first-order valence-electron chi connectivity index (χ1n) is 5.47. The molecule has 0 fully saturated rings. The lowest BCUT2D eigenvalue weighted by Gasteiger charge is -2.11. The quantitative estimate of drug-likeness (QED) is 0.823. The second kappa shape index (κ2) is 5.42. The van der Waals surface area contributed by atoms with Crippen LogP contribution in [0.4, 0.5) is 0 Å². The molecule has 1 aromatic carbocycles. The molecule has 0 saturated carbocycles. The van der Waals surface area contributed by atoms with Crippen LogP contribution in [0.5, 0.6) is 5.75 Å². The Morgan fingerprint density at radius 2 is 2.35 bits per heavy atom. The highest BCUT2D eigenvalue weighted by Gasteiger charge is 2.22. The number of fused-ring (bicyclic) bond motifs is 1. The largest absolute Gasteiger partial charge is 0.489 e. The van der Waals surface area contributed by atoms with Gasteiger partial charge in [0, 0.05) is 17.9 Å². The van der Waals surface area contributed by atoms with Gasteiger partial charge in [-0.3, -0.25) is 4.79 Å². The van der Waals surface area contributed by atoms with Crippen LogP contribution >= 0.6 is 11.8 Å². The number of rotatable bonds is 5. The van der Waals surface area contributed by atoms with Crippen molar-refractivity contribution in [1.29, 1.82) is 0 Å². The Hall–Kier alpha value is -1.20. The van der Waals surface area contributed by atoms with Gasteiger partial charge in [0.2, 0.25) is 0 Å². The Morgan fingerprint density at radius 1 is 1.59 bits per heavy atom. The maximum Gasteiger partial charge on any atom is 0.321 e. The standard InChI is InChI=1S/C12H15NO3S/c13-10(12(14)15)7-17-6-9-5-8-3-1-2-4-11(8)16-9/h1-4,9-10H,5-7,13H2,(H,14,15)/t9?,10-/m0/s1. The molecule has 2 rings (SSSR count). The van der Waals surface area contributed by atoms with E-state index < -0.39 is 12.0 Å². The number of carboxylic acids is 1. The SMILES string of the molecule is N[C@@H](CSCC1Cc2ccccc2O1)C(=O)O. The lowest BCUT2D eigenvalue weighted by Crippen LogP contribution is -2.33. The van der Waals surface area contributed by atoms with Crippen molar-refractivity contribution in [3.05, 3.63) is 29.8 Å². The highest BCUT2D eigenvalue weighted by Crippen LogP contribution is 2.29. The highest BCUT2D eigenvalue weighted by molar-refractivity contribution is 7.99. The number of para-hydroxylation sites is 1. The fourth-order valence-electron chi connectivity index (χ4n) is 1.74. The van der Waals surface area contributed by atoms with Crippen LogP contribution in [-0.4, -0.2) is 34.7 Å². The van der Waals surface area contributed by atoms with E-state index >= 15 is 0 Å². The zero-order valence-electron chi connectivity index (χ0n) is 9.33. The minimum atomic E-state index is -0.951. The Morgan fingerprint density at radius 3 is 3.06 bits per heavy atom. The van der Waals surface area contributed by atoms with E-state index in [1.165, 1.54) is 17.3 Å². The molecule has 1 heterocycles. The maximum absolute atomic E-state index is 10.5. The van der Waals surface area contributed by atoms with Crippen molar-refractivity contribution in [2.45, 2.75) is 18.6 Å². The smallest absolute Gasteiger partial charge is 0.321 e. The molecule has 2 atom stereocenters. The monoisotopic (exact) mass is 253 g/mol. The number of carbonyl (C=O) groups is 1. The summed E-state index contributed by atoms with van der Waals surface area (Å²) >= 11 is 1.53. The predicted molar refractivity (Wildman–Crippen MR) is 67.5 cm³/mol. The van der Waals surface area contributed by atoms with Gasteiger partial charge in [0.1, 0.15) is 17.9 Å². The van der Waals surface area contributed by atoms with Gasteiger partial charge < -0.3 is 15.6 Å². The second-order valence-corrected chi connectivity index (χ2v) is 5.11. The van der Waals surface area contributed by atoms with E-state index in [0.717, 1.165) is 17.9 Å². The summed E-state index contributed by atoms with van der Waals surface area (Å²) in [6.45, 7) is 0. The molecule has 1 aliphatic heterocycles. The van der Waals surface area contributed by atoms with Gasteiger partial charge in [0.05, 0.1) is 0 Å². The van der Waals surface area contributed by atoms with Crippen LogP contribution in [0.1, 0.15) is 5.56 Å². The Balaban J connectivity index is 1.75. The molecule has 0 spiro atoms. The summed E-state index contributed by atoms with van der Waals surface area (Å²) in [6, 6.07) is 7.18. The first-order valence-corrected chi connectivity index (χ1v) is 6.63. The molecule has 1 aliphatic rings. The van der Waals surface area contributed by atoms with Crippen LogP contribution in [0.3, 0.4) is 0 Å². The molecule has 5 heteroatoms. The molecular formula is C12H15NO3S. The van der Waals surface area contributed by atoms with Gasteiger partial charge in [-0.1, -0.05) is 18.2 Å². The summed E-state index contributed by atoms with van der Waals surface area (Å²) in [5.74, 6) is 1.19. The van der Waals surface area contributed by atoms with Crippen LogP contribution in [0.2, 0.25) is 0 Å². The number of hydrogen-bond acceptors (Lipinski definition) is 4. The average molecular weight is 253 g/mol. The molecule has 3 N–H and O–H groups in total. The van der Waals surface area contributed by atoms with Gasteiger partial charge in [0.25, 0.3) is 0 Å². The van der Waals surface area contributed by atoms with Crippen LogP contribution in [0.25, 0.3) is 0 Å². The van der Waals surface area contributed by atoms with Gasteiger partial charge >= 0.3 is 5.97 Å². The molecule has 92 valence electrons. The number of thioether (sulfide) groups is 1. The van der Waals surface area contributed by atoms with Crippen LogP contribution in [-0.2, 0) is 11.2 Å². The number of nitrogens with two attached hydrogens (primary N) is 1. The number of benzene rings is 1. The predicted octanol–water partition coefficient (Wildman–Crippen LogP) is 1.14. The third kappa shape index (κ3) is 3.14. The van der Waals surface area contributed by atoms with E-state index in [1.807, 2.05) is 18.2 Å². The third-order valence-electron chi connectivity index (χ3n) is 2.63. The number of carboxylic acid groups (broad SMARTS) is 1. The van der Waals surface area contributed by atoms with Crippen LogP contribution in [0.15, 0.2) is 24.3 Å². The maximum atomic E-state index is 10.5. The molecule has 0 aromatic heterocycles. The van der Waals surface area contributed by atoms with Crippen molar-refractivity contribution in [2.75, 3.05) is 11.5 Å². The first kappa shape index (κ1) is 12.3. The van der Waals surface area contributed by atoms with Gasteiger partial charge in [-0.25, -0.2) is 0 Å². The highest BCUT2D eigenvalue weighted by atomic mass is 32.2. The normalized spacial score (nSPS) is 19.5. The fourth-order valence-corrected chi connectivity index (χ4v) is 2.73. The van der Waals surface area contributed by atoms with Gasteiger partial charge in [-0.15, -0.1) is 0 Å². The van der Waals surface area contributed by atoms with Crippen molar-refractivity contribution in [1.82, 2.24) is 0 Å². The van der Waals surface area contributed by atoms with Crippen molar-refractivity contribution >= 4 is 17.7 Å². The second-order valence-electron chi connectivity index (χ2n) is 4.03. The van der Waals surface area contributed by atoms with Crippen molar-refractivity contribution in [2.24, 2.45) is 5.73 Å². The topological polar surface area (TPSA) is 72.5 Å². The number of ether oxygens (including phenoxy) is 1. The summed E-state index contributed by atoms with van der Waals surface area (Å²) in [5.41, 5.74) is 6.65. The van der Waals surface area contributed by atoms with Crippen molar-refractivity contribution < 1.29 is 14.6 Å². The lowest BCUT2D eigenvalue weighted by molar-refractivity contribution is -0.137. The zero-order chi connectivity index (χ0) is 12.3. The number of aliphatic carboxylic acids is 1. The average Bonchev–Trinajstić information content (AvgIpc) is 2.71. The summed E-state index contributed by atoms with van der Waals surface area (Å²) < 4.78 is 5.74. The van der Waals surface area contributed by atoms with Crippen LogP contribution in [0, 0.1) is 0 Å². The minimum absolute atomic E-state index is 0.137. The molecule has 0 aliphatic carbocycles. The molecule has 1 aromatic rings. The van der Waals surface area contributed by atoms with E-state index in [4.69, 9.17) is 15.6 Å². The van der Waals surface area contributed by atoms with E-state index in [2.05, 4.69) is 6.07 Å². The molecular weight excluding hydrogens is 238 g/mol. The van der Waals surface area contributed by atoms with Gasteiger partial charge in [-0.2, -0.15) is 11.8 Å². The summed E-state index contributed by atoms with van der Waals surface area (Å²) in [4.78, 5) is 10.5. The Labute approximate surface area is 104 Å². The molecule has 17 heavy (non-hydrogen) atoms. The van der Waals surface area contributed by atoms with Crippen molar-refractivity contribution in [3.8, 4) is 5.75 Å². The Bertz CT molecular complexity index is 385. The van der Waals surface area contributed by atoms with E-state index in [0.29, 0.717) is 5.75 Å². The fraction of sp³-hybridized carbons (Fsp3) is 0.417. The van der Waals surface area contributed by atoms with E-state index in [-0.39, 0.29) is 6.10 Å². The molecule has 1 unspecified atom stereocenters. The molecule has 0 amide bonds. The third-order valence-corrected chi connectivity index (χ3v) is 3.83. The van der Waals surface area contributed by atoms with Gasteiger partial charge in [0.15, 0.2) is 0 Å². The molecule has 4 nitrogen and oxygen atoms in total. The van der Waals surface area contributed by atoms with E-state index in [1.54, 1.807) is 0 Å². The zero-order valence-corrected chi connectivity index (χ0v) is 10.2. The van der Waals surface area contributed by atoms with E-state index in [9.17, 15) is 4.79 Å². The summed E-state index contributed by atoms with van der Waals surface area (Å²) in [6.07, 6.45) is 1.03. The van der Waals surface area contributed by atoms with Crippen molar-refractivity contribution in [3.63, 3.8) is 0 Å². The first-order chi connectivity index (χ1) is 8.16. The molecule has 0 saturated heterocycles. The summed E-state index contributed by atoms with van der Waals surface area (Å²) in [5, 5.41) is 8.65. The number of hydrogen-bond donors (Lipinski definition) is 2. The molecule has 0 bridgehead atoms.